The van der Waals surface area contributed by atoms with Crippen LogP contribution < -0.4 is 5.32 Å². The van der Waals surface area contributed by atoms with Gasteiger partial charge >= 0.3 is 0 Å². The molecule has 144 valence electrons. The van der Waals surface area contributed by atoms with Gasteiger partial charge in [0.25, 0.3) is 0 Å². The largest absolute Gasteiger partial charge is 0.325 e. The lowest BCUT2D eigenvalue weighted by Crippen LogP contribution is -2.50. The molecule has 2 aromatic rings. The number of amides is 1. The first kappa shape index (κ1) is 19.5. The molecule has 1 aliphatic rings. The molecule has 1 fully saturated rings. The molecule has 27 heavy (non-hydrogen) atoms. The number of hydrogen-bond acceptors (Lipinski definition) is 5. The lowest BCUT2D eigenvalue weighted by Gasteiger charge is -2.33. The van der Waals surface area contributed by atoms with Crippen molar-refractivity contribution in [2.45, 2.75) is 18.2 Å². The number of rotatable bonds is 6. The molecule has 0 spiro atoms. The topological polar surface area (TPSA) is 82.6 Å². The Labute approximate surface area is 160 Å². The van der Waals surface area contributed by atoms with Gasteiger partial charge in [0.2, 0.25) is 15.9 Å². The molecule has 3 rings (SSSR count). The number of anilines is 1. The molecule has 0 saturated carbocycles. The molecule has 1 aliphatic heterocycles. The molecule has 1 N–H and O–H groups in total. The van der Waals surface area contributed by atoms with Crippen LogP contribution in [0.25, 0.3) is 0 Å². The number of carbonyl (C=O) groups excluding carboxylic acids is 1. The second kappa shape index (κ2) is 8.60. The van der Waals surface area contributed by atoms with Crippen molar-refractivity contribution < 1.29 is 13.2 Å². The van der Waals surface area contributed by atoms with Crippen molar-refractivity contribution in [1.82, 2.24) is 14.2 Å². The number of aryl methyl sites for hydroxylation is 1. The lowest BCUT2D eigenvalue weighted by molar-refractivity contribution is -0.117. The molecule has 0 radical (unpaired) electrons. The zero-order valence-electron chi connectivity index (χ0n) is 15.3. The quantitative estimate of drug-likeness (QED) is 0.813. The summed E-state index contributed by atoms with van der Waals surface area (Å²) in [5.74, 6) is -0.0909. The summed E-state index contributed by atoms with van der Waals surface area (Å²) >= 11 is 0. The van der Waals surface area contributed by atoms with Gasteiger partial charge in [-0.05, 0) is 36.2 Å². The minimum atomic E-state index is -3.53. The maximum Gasteiger partial charge on any atom is 0.244 e. The monoisotopic (exact) mass is 388 g/mol. The van der Waals surface area contributed by atoms with Gasteiger partial charge in [0.15, 0.2) is 0 Å². The van der Waals surface area contributed by atoms with E-state index in [2.05, 4.69) is 17.2 Å². The van der Waals surface area contributed by atoms with Crippen LogP contribution in [0.5, 0.6) is 0 Å². The van der Waals surface area contributed by atoms with E-state index in [1.54, 1.807) is 18.3 Å². The van der Waals surface area contributed by atoms with Gasteiger partial charge in [0, 0.05) is 44.3 Å². The van der Waals surface area contributed by atoms with Crippen LogP contribution in [0.4, 0.5) is 5.69 Å². The molecule has 0 unspecified atom stereocenters. The van der Waals surface area contributed by atoms with Gasteiger partial charge in [-0.15, -0.1) is 0 Å². The van der Waals surface area contributed by atoms with E-state index in [1.807, 2.05) is 29.2 Å². The molecule has 0 aliphatic carbocycles. The molecular weight excluding hydrogens is 364 g/mol. The van der Waals surface area contributed by atoms with Crippen molar-refractivity contribution in [2.75, 3.05) is 38.0 Å². The molecule has 1 aromatic carbocycles. The zero-order valence-corrected chi connectivity index (χ0v) is 16.2. The SMILES string of the molecule is CCc1cccc(NC(=O)CN2CCN(S(=O)(=O)c3cccnc3)CC2)c1. The number of hydrogen-bond donors (Lipinski definition) is 1. The Bertz CT molecular complexity index is 879. The van der Waals surface area contributed by atoms with E-state index < -0.39 is 10.0 Å². The van der Waals surface area contributed by atoms with Crippen molar-refractivity contribution >= 4 is 21.6 Å². The fraction of sp³-hybridized carbons (Fsp3) is 0.368. The van der Waals surface area contributed by atoms with Gasteiger partial charge in [-0.3, -0.25) is 14.7 Å². The number of sulfonamides is 1. The summed E-state index contributed by atoms with van der Waals surface area (Å²) in [7, 11) is -3.53. The molecule has 0 bridgehead atoms. The van der Waals surface area contributed by atoms with Crippen LogP contribution in [-0.4, -0.2) is 61.2 Å². The summed E-state index contributed by atoms with van der Waals surface area (Å²) in [6, 6.07) is 11.0. The van der Waals surface area contributed by atoms with E-state index in [0.717, 1.165) is 12.1 Å². The third kappa shape index (κ3) is 4.91. The highest BCUT2D eigenvalue weighted by Crippen LogP contribution is 2.16. The summed E-state index contributed by atoms with van der Waals surface area (Å²) < 4.78 is 26.7. The van der Waals surface area contributed by atoms with Crippen LogP contribution in [0.2, 0.25) is 0 Å². The number of carbonyl (C=O) groups is 1. The fourth-order valence-corrected chi connectivity index (χ4v) is 4.44. The fourth-order valence-electron chi connectivity index (χ4n) is 3.05. The molecular formula is C19H24N4O3S. The van der Waals surface area contributed by atoms with Gasteiger partial charge in [0.1, 0.15) is 4.90 Å². The average Bonchev–Trinajstić information content (AvgIpc) is 2.69. The highest BCUT2D eigenvalue weighted by molar-refractivity contribution is 7.89. The minimum absolute atomic E-state index is 0.0909. The van der Waals surface area contributed by atoms with Crippen molar-refractivity contribution in [3.05, 3.63) is 54.4 Å². The normalized spacial score (nSPS) is 16.2. The predicted octanol–water partition coefficient (Wildman–Crippen LogP) is 1.59. The number of nitrogens with zero attached hydrogens (tertiary/aromatic N) is 3. The lowest BCUT2D eigenvalue weighted by atomic mass is 10.1. The molecule has 1 saturated heterocycles. The number of nitrogens with one attached hydrogen (secondary N) is 1. The molecule has 2 heterocycles. The van der Waals surface area contributed by atoms with E-state index in [4.69, 9.17) is 0 Å². The summed E-state index contributed by atoms with van der Waals surface area (Å²) in [6.45, 7) is 4.06. The standard InChI is InChI=1S/C19H24N4O3S/c1-2-16-5-3-6-17(13-16)21-19(24)15-22-9-11-23(12-10-22)27(25,26)18-7-4-8-20-14-18/h3-8,13-14H,2,9-12,15H2,1H3,(H,21,24). The van der Waals surface area contributed by atoms with E-state index >= 15 is 0 Å². The first-order valence-corrected chi connectivity index (χ1v) is 10.4. The van der Waals surface area contributed by atoms with E-state index in [1.165, 1.54) is 16.1 Å². The smallest absolute Gasteiger partial charge is 0.244 e. The molecule has 7 nitrogen and oxygen atoms in total. The number of benzene rings is 1. The number of pyridine rings is 1. The summed E-state index contributed by atoms with van der Waals surface area (Å²) in [5, 5.41) is 2.91. The number of piperazine rings is 1. The Morgan fingerprint density at radius 2 is 1.93 bits per heavy atom. The Hall–Kier alpha value is -2.29. The van der Waals surface area contributed by atoms with Crippen LogP contribution >= 0.6 is 0 Å². The molecule has 0 atom stereocenters. The van der Waals surface area contributed by atoms with Crippen LogP contribution in [0.15, 0.2) is 53.7 Å². The highest BCUT2D eigenvalue weighted by Gasteiger charge is 2.29. The van der Waals surface area contributed by atoms with Crippen LogP contribution in [0, 0.1) is 0 Å². The highest BCUT2D eigenvalue weighted by atomic mass is 32.2. The van der Waals surface area contributed by atoms with Gasteiger partial charge in [-0.1, -0.05) is 19.1 Å². The van der Waals surface area contributed by atoms with Crippen LogP contribution in [-0.2, 0) is 21.2 Å². The summed E-state index contributed by atoms with van der Waals surface area (Å²) in [4.78, 5) is 18.3. The van der Waals surface area contributed by atoms with Gasteiger partial charge in [-0.2, -0.15) is 4.31 Å². The van der Waals surface area contributed by atoms with Crippen molar-refractivity contribution in [3.8, 4) is 0 Å². The minimum Gasteiger partial charge on any atom is -0.325 e. The maximum absolute atomic E-state index is 12.6. The Kier molecular flexibility index (Phi) is 6.20. The average molecular weight is 388 g/mol. The van der Waals surface area contributed by atoms with E-state index in [-0.39, 0.29) is 17.3 Å². The van der Waals surface area contributed by atoms with Gasteiger partial charge in [0.05, 0.1) is 6.54 Å². The predicted molar refractivity (Wildman–Crippen MR) is 104 cm³/mol. The second-order valence-corrected chi connectivity index (χ2v) is 8.41. The van der Waals surface area contributed by atoms with Crippen molar-refractivity contribution in [3.63, 3.8) is 0 Å². The molecule has 8 heteroatoms. The maximum atomic E-state index is 12.6. The van der Waals surface area contributed by atoms with E-state index in [9.17, 15) is 13.2 Å². The first-order chi connectivity index (χ1) is 13.0. The Morgan fingerprint density at radius 3 is 2.59 bits per heavy atom. The van der Waals surface area contributed by atoms with Gasteiger partial charge in [-0.25, -0.2) is 8.42 Å². The van der Waals surface area contributed by atoms with Crippen LogP contribution in [0.1, 0.15) is 12.5 Å². The zero-order chi connectivity index (χ0) is 19.3. The summed E-state index contributed by atoms with van der Waals surface area (Å²) in [6.07, 6.45) is 3.82. The van der Waals surface area contributed by atoms with Crippen LogP contribution in [0.3, 0.4) is 0 Å². The second-order valence-electron chi connectivity index (χ2n) is 6.47. The van der Waals surface area contributed by atoms with Crippen molar-refractivity contribution in [1.29, 1.82) is 0 Å². The third-order valence-corrected chi connectivity index (χ3v) is 6.47. The number of aromatic nitrogens is 1. The van der Waals surface area contributed by atoms with E-state index in [0.29, 0.717) is 26.2 Å². The first-order valence-electron chi connectivity index (χ1n) is 9.00. The summed E-state index contributed by atoms with van der Waals surface area (Å²) in [5.41, 5.74) is 1.96. The molecule has 1 amide bonds. The Balaban J connectivity index is 1.52. The van der Waals surface area contributed by atoms with Crippen molar-refractivity contribution in [2.24, 2.45) is 0 Å². The third-order valence-electron chi connectivity index (χ3n) is 4.59. The molecule has 1 aromatic heterocycles. The van der Waals surface area contributed by atoms with Gasteiger partial charge < -0.3 is 5.32 Å². The Morgan fingerprint density at radius 1 is 1.15 bits per heavy atom.